The van der Waals surface area contributed by atoms with E-state index in [4.69, 9.17) is 0 Å². The standard InChI is InChI=1S/2C27H21NS/c1-4-13-23(14-5-1)27(24-15-6-2-7-16-24,25-17-8-3-9-18-25)29-28-21-20-22-12-10-11-19-26(22)28;1-4-12-21(13-5-1)27(22-14-6-2-7-15-22,23-16-8-3-9-17-23)29-26-20-28-25-19-11-10-18-24(25)26/h1-21H;1-20,28H. The van der Waals surface area contributed by atoms with E-state index in [0.717, 1.165) is 5.52 Å². The first-order chi connectivity index (χ1) is 28.8. The van der Waals surface area contributed by atoms with Gasteiger partial charge in [-0.15, -0.1) is 11.8 Å². The molecule has 0 aliphatic heterocycles. The van der Waals surface area contributed by atoms with Gasteiger partial charge in [-0.3, -0.25) is 3.97 Å². The van der Waals surface area contributed by atoms with Crippen LogP contribution in [0.4, 0.5) is 0 Å². The lowest BCUT2D eigenvalue weighted by Crippen LogP contribution is -2.27. The number of aromatic amines is 1. The van der Waals surface area contributed by atoms with Crippen molar-refractivity contribution in [2.75, 3.05) is 0 Å². The number of nitrogens with one attached hydrogen (secondary N) is 1. The zero-order valence-corrected chi connectivity index (χ0v) is 33.6. The van der Waals surface area contributed by atoms with Crippen LogP contribution < -0.4 is 0 Å². The minimum absolute atomic E-state index is 0.352. The van der Waals surface area contributed by atoms with E-state index in [0.29, 0.717) is 0 Å². The summed E-state index contributed by atoms with van der Waals surface area (Å²) in [5, 5.41) is 2.51. The summed E-state index contributed by atoms with van der Waals surface area (Å²) >= 11 is 3.75. The topological polar surface area (TPSA) is 20.7 Å². The Morgan fingerprint density at radius 3 is 1.21 bits per heavy atom. The predicted octanol–water partition coefficient (Wildman–Crippen LogP) is 14.4. The van der Waals surface area contributed by atoms with Crippen molar-refractivity contribution in [2.24, 2.45) is 0 Å². The van der Waals surface area contributed by atoms with Gasteiger partial charge in [0.2, 0.25) is 0 Å². The van der Waals surface area contributed by atoms with Crippen LogP contribution in [0.2, 0.25) is 0 Å². The van der Waals surface area contributed by atoms with Crippen molar-refractivity contribution in [1.29, 1.82) is 0 Å². The Kier molecular flexibility index (Phi) is 10.9. The summed E-state index contributed by atoms with van der Waals surface area (Å²) in [4.78, 5) is 4.69. The Hall–Kier alpha value is -6.46. The van der Waals surface area contributed by atoms with E-state index in [1.807, 2.05) is 23.7 Å². The van der Waals surface area contributed by atoms with Gasteiger partial charge in [-0.25, -0.2) is 0 Å². The minimum atomic E-state index is -0.369. The van der Waals surface area contributed by atoms with E-state index in [1.165, 1.54) is 54.6 Å². The number of para-hydroxylation sites is 2. The van der Waals surface area contributed by atoms with Crippen LogP contribution in [0.1, 0.15) is 33.4 Å². The highest BCUT2D eigenvalue weighted by atomic mass is 32.2. The van der Waals surface area contributed by atoms with E-state index >= 15 is 0 Å². The second-order valence-electron chi connectivity index (χ2n) is 14.2. The molecule has 10 rings (SSSR count). The van der Waals surface area contributed by atoms with Gasteiger partial charge in [0.15, 0.2) is 0 Å². The molecule has 8 aromatic carbocycles. The molecule has 4 heteroatoms. The van der Waals surface area contributed by atoms with Crippen molar-refractivity contribution in [3.63, 3.8) is 0 Å². The van der Waals surface area contributed by atoms with Gasteiger partial charge in [0.1, 0.15) is 4.75 Å². The lowest BCUT2D eigenvalue weighted by atomic mass is 9.84. The molecule has 280 valence electrons. The van der Waals surface area contributed by atoms with Crippen LogP contribution in [0.25, 0.3) is 21.8 Å². The number of hydrogen-bond acceptors (Lipinski definition) is 2. The van der Waals surface area contributed by atoms with Gasteiger partial charge < -0.3 is 4.98 Å². The molecule has 0 spiro atoms. The van der Waals surface area contributed by atoms with E-state index in [-0.39, 0.29) is 9.49 Å². The summed E-state index contributed by atoms with van der Waals surface area (Å²) < 4.78 is 1.59. The fourth-order valence-corrected chi connectivity index (χ4v) is 10.9. The second kappa shape index (κ2) is 17.0. The Morgan fingerprint density at radius 2 is 0.741 bits per heavy atom. The SMILES string of the molecule is c1ccc(C(Sc2c[nH]c3ccccc23)(c2ccccc2)c2ccccc2)cc1.c1ccc(C(Sn2ccc3ccccc32)(c2ccccc2)c2ccccc2)cc1. The highest BCUT2D eigenvalue weighted by Crippen LogP contribution is 2.53. The first-order valence-corrected chi connectivity index (χ1v) is 21.2. The zero-order valence-electron chi connectivity index (χ0n) is 31.9. The molecule has 2 nitrogen and oxygen atoms in total. The van der Waals surface area contributed by atoms with Crippen molar-refractivity contribution < 1.29 is 0 Å². The Labute approximate surface area is 349 Å². The fraction of sp³-hybridized carbons (Fsp3) is 0.0370. The van der Waals surface area contributed by atoms with Crippen molar-refractivity contribution in [1.82, 2.24) is 8.96 Å². The Balaban J connectivity index is 0.000000150. The van der Waals surface area contributed by atoms with Gasteiger partial charge in [0.05, 0.1) is 10.3 Å². The maximum Gasteiger partial charge on any atom is 0.111 e. The molecule has 0 radical (unpaired) electrons. The molecule has 0 saturated heterocycles. The van der Waals surface area contributed by atoms with Crippen molar-refractivity contribution in [3.8, 4) is 0 Å². The maximum atomic E-state index is 3.44. The third-order valence-electron chi connectivity index (χ3n) is 10.7. The van der Waals surface area contributed by atoms with Gasteiger partial charge >= 0.3 is 0 Å². The minimum Gasteiger partial charge on any atom is -0.360 e. The predicted molar refractivity (Wildman–Crippen MR) is 247 cm³/mol. The molecule has 0 fully saturated rings. The maximum absolute atomic E-state index is 3.44. The molecule has 0 bridgehead atoms. The first-order valence-electron chi connectivity index (χ1n) is 19.6. The van der Waals surface area contributed by atoms with Gasteiger partial charge in [-0.2, -0.15) is 0 Å². The zero-order chi connectivity index (χ0) is 39.0. The summed E-state index contributed by atoms with van der Waals surface area (Å²) in [6, 6.07) is 84.2. The molecule has 2 aromatic heterocycles. The van der Waals surface area contributed by atoms with Crippen LogP contribution in [0.5, 0.6) is 0 Å². The van der Waals surface area contributed by atoms with Crippen LogP contribution in [-0.4, -0.2) is 8.96 Å². The van der Waals surface area contributed by atoms with Crippen molar-refractivity contribution >= 4 is 45.5 Å². The van der Waals surface area contributed by atoms with Crippen LogP contribution in [-0.2, 0) is 9.49 Å². The molecular weight excluding hydrogens is 741 g/mol. The highest BCUT2D eigenvalue weighted by Gasteiger charge is 2.39. The largest absolute Gasteiger partial charge is 0.360 e. The number of thioether (sulfide) groups is 1. The third kappa shape index (κ3) is 7.18. The van der Waals surface area contributed by atoms with Crippen molar-refractivity contribution in [3.05, 3.63) is 282 Å². The molecule has 0 aliphatic rings. The molecule has 0 aliphatic carbocycles. The fourth-order valence-electron chi connectivity index (χ4n) is 7.95. The summed E-state index contributed by atoms with van der Waals surface area (Å²) in [5.74, 6) is 0. The van der Waals surface area contributed by atoms with Crippen LogP contribution >= 0.6 is 23.7 Å². The smallest absolute Gasteiger partial charge is 0.111 e. The third-order valence-corrected chi connectivity index (χ3v) is 13.8. The first kappa shape index (κ1) is 37.1. The number of fused-ring (bicyclic) bond motifs is 2. The molecule has 1 N–H and O–H groups in total. The monoisotopic (exact) mass is 782 g/mol. The molecule has 2 heterocycles. The summed E-state index contributed by atoms with van der Waals surface area (Å²) in [6.07, 6.45) is 4.32. The molecule has 0 atom stereocenters. The number of H-pyrrole nitrogens is 1. The number of benzene rings is 8. The molecule has 0 saturated carbocycles. The number of rotatable bonds is 10. The molecule has 10 aromatic rings. The average Bonchev–Trinajstić information content (AvgIpc) is 3.93. The van der Waals surface area contributed by atoms with E-state index < -0.39 is 0 Å². The summed E-state index contributed by atoms with van der Waals surface area (Å²) in [6.45, 7) is 0. The van der Waals surface area contributed by atoms with E-state index in [1.54, 1.807) is 0 Å². The normalized spacial score (nSPS) is 11.6. The molecule has 0 amide bonds. The van der Waals surface area contributed by atoms with Gasteiger partial charge in [-0.1, -0.05) is 218 Å². The molecule has 58 heavy (non-hydrogen) atoms. The Bertz CT molecular complexity index is 2430. The van der Waals surface area contributed by atoms with E-state index in [2.05, 4.69) is 258 Å². The van der Waals surface area contributed by atoms with Gasteiger partial charge in [-0.05, 0) is 63.5 Å². The van der Waals surface area contributed by atoms with Gasteiger partial charge in [0, 0.05) is 33.6 Å². The summed E-state index contributed by atoms with van der Waals surface area (Å²) in [5.41, 5.74) is 10.00. The average molecular weight is 783 g/mol. The second-order valence-corrected chi connectivity index (χ2v) is 16.6. The number of hydrogen-bond donors (Lipinski definition) is 1. The van der Waals surface area contributed by atoms with Crippen molar-refractivity contribution in [2.45, 2.75) is 14.4 Å². The lowest BCUT2D eigenvalue weighted by Gasteiger charge is -2.35. The van der Waals surface area contributed by atoms with Crippen LogP contribution in [0, 0.1) is 0 Å². The Morgan fingerprint density at radius 1 is 0.362 bits per heavy atom. The number of nitrogens with zero attached hydrogens (tertiary/aromatic N) is 1. The highest BCUT2D eigenvalue weighted by molar-refractivity contribution is 8.01. The van der Waals surface area contributed by atoms with Gasteiger partial charge in [0.25, 0.3) is 0 Å². The summed E-state index contributed by atoms with van der Waals surface area (Å²) in [7, 11) is 0. The van der Waals surface area contributed by atoms with E-state index in [9.17, 15) is 0 Å². The molecule has 0 unspecified atom stereocenters. The number of aromatic nitrogens is 2. The van der Waals surface area contributed by atoms with Crippen LogP contribution in [0.3, 0.4) is 0 Å². The molecular formula is C54H42N2S2. The quantitative estimate of drug-likeness (QED) is 0.110. The van der Waals surface area contributed by atoms with Crippen LogP contribution in [0.15, 0.2) is 254 Å². The lowest BCUT2D eigenvalue weighted by molar-refractivity contribution is 0.888.